The number of Topliss-reactive ketones (excluding diaryl/α,β-unsaturated/α-hetero) is 1. The number of aromatic amines is 1. The van der Waals surface area contributed by atoms with E-state index in [2.05, 4.69) is 10.3 Å². The summed E-state index contributed by atoms with van der Waals surface area (Å²) in [5.41, 5.74) is 4.31. The van der Waals surface area contributed by atoms with E-state index in [-0.39, 0.29) is 0 Å². The van der Waals surface area contributed by atoms with Crippen LogP contribution in [0.25, 0.3) is 32.7 Å². The van der Waals surface area contributed by atoms with Crippen LogP contribution in [0.2, 0.25) is 5.02 Å². The minimum atomic E-state index is -0.688. The van der Waals surface area contributed by atoms with E-state index in [9.17, 15) is 9.59 Å². The van der Waals surface area contributed by atoms with Crippen LogP contribution in [0.15, 0.2) is 84.4 Å². The maximum Gasteiger partial charge on any atom is 0.296 e. The van der Waals surface area contributed by atoms with Crippen LogP contribution in [-0.2, 0) is 4.79 Å². The molecule has 0 aliphatic heterocycles. The number of benzene rings is 3. The zero-order chi connectivity index (χ0) is 22.1. The van der Waals surface area contributed by atoms with Crippen molar-refractivity contribution in [3.8, 4) is 21.8 Å². The predicted octanol–water partition coefficient (Wildman–Crippen LogP) is 6.43. The quantitative estimate of drug-likeness (QED) is 0.236. The van der Waals surface area contributed by atoms with Gasteiger partial charge in [0.05, 0.1) is 11.3 Å². The summed E-state index contributed by atoms with van der Waals surface area (Å²) in [7, 11) is 0. The number of ketones is 1. The summed E-state index contributed by atoms with van der Waals surface area (Å²) in [6, 6.07) is 22.2. The standard InChI is InChI=1S/C25H16ClN3O2S/c26-17-10-8-15(9-11-17)25-29-22(14-32-25)16-4-3-5-18(12-16)28-24(31)23(30)20-13-27-21-7-2-1-6-19(20)21/h1-14,27H,(H,28,31). The predicted molar refractivity (Wildman–Crippen MR) is 129 cm³/mol. The molecule has 1 amide bonds. The Morgan fingerprint density at radius 3 is 2.59 bits per heavy atom. The molecule has 0 atom stereocenters. The lowest BCUT2D eigenvalue weighted by Gasteiger charge is -2.06. The normalized spacial score (nSPS) is 10.9. The highest BCUT2D eigenvalue weighted by Crippen LogP contribution is 2.30. The number of H-pyrrole nitrogens is 1. The van der Waals surface area contributed by atoms with Gasteiger partial charge in [-0.2, -0.15) is 0 Å². The fourth-order valence-electron chi connectivity index (χ4n) is 3.46. The Kier molecular flexibility index (Phi) is 5.31. The molecular formula is C25H16ClN3O2S. The first-order valence-corrected chi connectivity index (χ1v) is 11.1. The molecule has 2 heterocycles. The van der Waals surface area contributed by atoms with E-state index < -0.39 is 11.7 Å². The molecule has 5 aromatic rings. The highest BCUT2D eigenvalue weighted by molar-refractivity contribution is 7.13. The minimum absolute atomic E-state index is 0.348. The number of amides is 1. The molecule has 7 heteroatoms. The number of carbonyl (C=O) groups excluding carboxylic acids is 2. The number of nitrogens with zero attached hydrogens (tertiary/aromatic N) is 1. The van der Waals surface area contributed by atoms with Gasteiger partial charge in [-0.05, 0) is 30.3 Å². The number of carbonyl (C=O) groups is 2. The Balaban J connectivity index is 1.36. The average molecular weight is 458 g/mol. The molecule has 32 heavy (non-hydrogen) atoms. The van der Waals surface area contributed by atoms with Crippen LogP contribution in [0.4, 0.5) is 5.69 Å². The summed E-state index contributed by atoms with van der Waals surface area (Å²) >= 11 is 7.49. The SMILES string of the molecule is O=C(Nc1cccc(-c2csc(-c3ccc(Cl)cc3)n2)c1)C(=O)c1c[nH]c2ccccc12. The molecule has 0 unspecified atom stereocenters. The maximum atomic E-state index is 12.7. The van der Waals surface area contributed by atoms with Crippen molar-refractivity contribution in [2.24, 2.45) is 0 Å². The highest BCUT2D eigenvalue weighted by Gasteiger charge is 2.20. The Morgan fingerprint density at radius 2 is 1.75 bits per heavy atom. The number of thiazole rings is 1. The van der Waals surface area contributed by atoms with Crippen molar-refractivity contribution < 1.29 is 9.59 Å². The molecule has 2 N–H and O–H groups in total. The van der Waals surface area contributed by atoms with E-state index in [0.29, 0.717) is 16.3 Å². The first-order chi connectivity index (χ1) is 15.6. The van der Waals surface area contributed by atoms with Gasteiger partial charge in [0, 0.05) is 44.3 Å². The lowest BCUT2D eigenvalue weighted by molar-refractivity contribution is -0.112. The zero-order valence-corrected chi connectivity index (χ0v) is 18.2. The smallest absolute Gasteiger partial charge is 0.296 e. The van der Waals surface area contributed by atoms with Crippen molar-refractivity contribution in [2.45, 2.75) is 0 Å². The molecule has 2 aromatic heterocycles. The van der Waals surface area contributed by atoms with Crippen LogP contribution in [0.5, 0.6) is 0 Å². The Labute approximate surface area is 192 Å². The third kappa shape index (κ3) is 3.93. The van der Waals surface area contributed by atoms with E-state index in [0.717, 1.165) is 32.7 Å². The molecule has 156 valence electrons. The number of hydrogen-bond acceptors (Lipinski definition) is 4. The van der Waals surface area contributed by atoms with Gasteiger partial charge in [0.1, 0.15) is 5.01 Å². The van der Waals surface area contributed by atoms with Crippen molar-refractivity contribution in [1.29, 1.82) is 0 Å². The van der Waals surface area contributed by atoms with Crippen LogP contribution in [0, 0.1) is 0 Å². The zero-order valence-electron chi connectivity index (χ0n) is 16.6. The van der Waals surface area contributed by atoms with Gasteiger partial charge in [-0.1, -0.05) is 54.1 Å². The second-order valence-corrected chi connectivity index (χ2v) is 8.45. The van der Waals surface area contributed by atoms with Gasteiger partial charge in [0.25, 0.3) is 11.7 Å². The molecule has 0 aliphatic rings. The number of nitrogens with one attached hydrogen (secondary N) is 2. The van der Waals surface area contributed by atoms with Gasteiger partial charge in [-0.15, -0.1) is 11.3 Å². The van der Waals surface area contributed by atoms with Crippen LogP contribution < -0.4 is 5.32 Å². The fourth-order valence-corrected chi connectivity index (χ4v) is 4.42. The lowest BCUT2D eigenvalue weighted by atomic mass is 10.1. The van der Waals surface area contributed by atoms with Crippen LogP contribution in [-0.4, -0.2) is 21.7 Å². The van der Waals surface area contributed by atoms with Gasteiger partial charge < -0.3 is 10.3 Å². The van der Waals surface area contributed by atoms with Crippen LogP contribution in [0.3, 0.4) is 0 Å². The molecular weight excluding hydrogens is 442 g/mol. The first-order valence-electron chi connectivity index (χ1n) is 9.82. The molecule has 3 aromatic carbocycles. The number of rotatable bonds is 5. The summed E-state index contributed by atoms with van der Waals surface area (Å²) in [5, 5.41) is 6.94. The summed E-state index contributed by atoms with van der Waals surface area (Å²) in [6.07, 6.45) is 1.57. The third-order valence-electron chi connectivity index (χ3n) is 5.05. The average Bonchev–Trinajstić information content (AvgIpc) is 3.47. The van der Waals surface area contributed by atoms with Crippen molar-refractivity contribution in [2.75, 3.05) is 5.32 Å². The molecule has 0 spiro atoms. The fraction of sp³-hybridized carbons (Fsp3) is 0. The third-order valence-corrected chi connectivity index (χ3v) is 6.19. The van der Waals surface area contributed by atoms with Crippen molar-refractivity contribution in [3.63, 3.8) is 0 Å². The monoisotopic (exact) mass is 457 g/mol. The molecule has 0 fully saturated rings. The molecule has 0 aliphatic carbocycles. The second-order valence-electron chi connectivity index (χ2n) is 7.16. The molecule has 5 rings (SSSR count). The Bertz CT molecular complexity index is 1450. The van der Waals surface area contributed by atoms with Crippen molar-refractivity contribution in [3.05, 3.63) is 95.0 Å². The minimum Gasteiger partial charge on any atom is -0.360 e. The number of aromatic nitrogens is 2. The van der Waals surface area contributed by atoms with Gasteiger partial charge in [0.15, 0.2) is 0 Å². The summed E-state index contributed by atoms with van der Waals surface area (Å²) in [4.78, 5) is 33.1. The topological polar surface area (TPSA) is 74.8 Å². The second kappa shape index (κ2) is 8.42. The van der Waals surface area contributed by atoms with Crippen molar-refractivity contribution >= 4 is 51.2 Å². The van der Waals surface area contributed by atoms with E-state index in [1.807, 2.05) is 66.0 Å². The van der Waals surface area contributed by atoms with Crippen LogP contribution in [0.1, 0.15) is 10.4 Å². The highest BCUT2D eigenvalue weighted by atomic mass is 35.5. The molecule has 5 nitrogen and oxygen atoms in total. The largest absolute Gasteiger partial charge is 0.360 e. The number of para-hydroxylation sites is 1. The summed E-state index contributed by atoms with van der Waals surface area (Å²) < 4.78 is 0. The van der Waals surface area contributed by atoms with Gasteiger partial charge in [-0.3, -0.25) is 9.59 Å². The van der Waals surface area contributed by atoms with E-state index in [4.69, 9.17) is 16.6 Å². The van der Waals surface area contributed by atoms with Crippen LogP contribution >= 0.6 is 22.9 Å². The van der Waals surface area contributed by atoms with Gasteiger partial charge in [0.2, 0.25) is 0 Å². The van der Waals surface area contributed by atoms with E-state index in [1.165, 1.54) is 11.3 Å². The Morgan fingerprint density at radius 1 is 0.938 bits per heavy atom. The number of halogens is 1. The summed E-state index contributed by atoms with van der Waals surface area (Å²) in [6.45, 7) is 0. The molecule has 0 radical (unpaired) electrons. The number of hydrogen-bond donors (Lipinski definition) is 2. The lowest BCUT2D eigenvalue weighted by Crippen LogP contribution is -2.22. The molecule has 0 saturated carbocycles. The van der Waals surface area contributed by atoms with E-state index in [1.54, 1.807) is 18.3 Å². The van der Waals surface area contributed by atoms with Gasteiger partial charge >= 0.3 is 0 Å². The maximum absolute atomic E-state index is 12.7. The van der Waals surface area contributed by atoms with E-state index >= 15 is 0 Å². The molecule has 0 bridgehead atoms. The number of anilines is 1. The summed E-state index contributed by atoms with van der Waals surface area (Å²) in [5.74, 6) is -1.28. The number of fused-ring (bicyclic) bond motifs is 1. The first kappa shape index (κ1) is 20.2. The Hall–Kier alpha value is -3.74. The van der Waals surface area contributed by atoms with Gasteiger partial charge in [-0.25, -0.2) is 4.98 Å². The molecule has 0 saturated heterocycles. The van der Waals surface area contributed by atoms with Crippen molar-refractivity contribution in [1.82, 2.24) is 9.97 Å².